The molecule has 10 heteroatoms. The number of nitriles is 2. The van der Waals surface area contributed by atoms with Gasteiger partial charge < -0.3 is 33.2 Å². The van der Waals surface area contributed by atoms with Crippen LogP contribution in [-0.2, 0) is 33.2 Å². The number of nitrogens with zero attached hydrogens (tertiary/aromatic N) is 3. The summed E-state index contributed by atoms with van der Waals surface area (Å²) >= 11 is 0. The lowest BCUT2D eigenvalue weighted by molar-refractivity contribution is -0.0192. The first-order valence-corrected chi connectivity index (χ1v) is 8.87. The lowest BCUT2D eigenvalue weighted by Gasteiger charge is -2.08. The van der Waals surface area contributed by atoms with Gasteiger partial charge in [0.2, 0.25) is 0 Å². The topological polar surface area (TPSA) is 115 Å². The normalized spacial score (nSPS) is 10.5. The van der Waals surface area contributed by atoms with Crippen LogP contribution in [0.5, 0.6) is 0 Å². The zero-order chi connectivity index (χ0) is 19.8. The van der Waals surface area contributed by atoms with Crippen molar-refractivity contribution in [3.05, 3.63) is 0 Å². The quantitative estimate of drug-likeness (QED) is 0.151. The van der Waals surface area contributed by atoms with Crippen LogP contribution in [0.25, 0.3) is 0 Å². The van der Waals surface area contributed by atoms with Crippen LogP contribution in [0.15, 0.2) is 0 Å². The van der Waals surface area contributed by atoms with Crippen LogP contribution >= 0.6 is 0 Å². The van der Waals surface area contributed by atoms with Gasteiger partial charge in [-0.05, 0) is 0 Å². The molecule has 0 aliphatic rings. The second kappa shape index (κ2) is 22.5. The molecule has 156 valence electrons. The Kier molecular flexibility index (Phi) is 21.3. The minimum Gasteiger partial charge on any atom is -0.382 e. The van der Waals surface area contributed by atoms with Crippen molar-refractivity contribution in [2.45, 2.75) is 0 Å². The van der Waals surface area contributed by atoms with E-state index >= 15 is 0 Å². The van der Waals surface area contributed by atoms with E-state index in [1.807, 2.05) is 0 Å². The van der Waals surface area contributed by atoms with Gasteiger partial charge in [-0.3, -0.25) is 0 Å². The molecule has 27 heavy (non-hydrogen) atoms. The van der Waals surface area contributed by atoms with Gasteiger partial charge in [-0.2, -0.15) is 10.5 Å². The predicted octanol–water partition coefficient (Wildman–Crippen LogP) is -0.00344. The van der Waals surface area contributed by atoms with Crippen LogP contribution in [0.1, 0.15) is 0 Å². The Labute approximate surface area is 161 Å². The third kappa shape index (κ3) is 20.7. The van der Waals surface area contributed by atoms with E-state index in [1.54, 1.807) is 19.5 Å². The van der Waals surface area contributed by atoms with E-state index in [0.29, 0.717) is 85.9 Å². The minimum atomic E-state index is 0.253. The summed E-state index contributed by atoms with van der Waals surface area (Å²) in [4.78, 5) is 0.946. The Morgan fingerprint density at radius 1 is 0.519 bits per heavy atom. The second-order valence-corrected chi connectivity index (χ2v) is 5.02. The van der Waals surface area contributed by atoms with Crippen LogP contribution in [0.4, 0.5) is 0 Å². The van der Waals surface area contributed by atoms with E-state index in [9.17, 15) is 0 Å². The summed E-state index contributed by atoms with van der Waals surface area (Å²) in [6.45, 7) is 6.66. The molecule has 0 aromatic rings. The average Bonchev–Trinajstić information content (AvgIpc) is 2.69. The van der Waals surface area contributed by atoms with Gasteiger partial charge >= 0.3 is 0 Å². The number of ether oxygens (including phenoxy) is 7. The van der Waals surface area contributed by atoms with Gasteiger partial charge in [0.25, 0.3) is 0 Å². The monoisotopic (exact) mass is 389 g/mol. The summed E-state index contributed by atoms with van der Waals surface area (Å²) in [6, 6.07) is 0. The molecule has 0 aromatic carbocycles. The highest BCUT2D eigenvalue weighted by molar-refractivity contribution is 4.85. The summed E-state index contributed by atoms with van der Waals surface area (Å²) in [7, 11) is 1.64. The van der Waals surface area contributed by atoms with Crippen molar-refractivity contribution in [1.82, 2.24) is 4.90 Å². The van der Waals surface area contributed by atoms with E-state index in [2.05, 4.69) is 0 Å². The lowest BCUT2D eigenvalue weighted by atomic mass is 10.6. The van der Waals surface area contributed by atoms with E-state index in [-0.39, 0.29) is 6.54 Å². The maximum atomic E-state index is 8.52. The first-order chi connectivity index (χ1) is 13.3. The Bertz CT molecular complexity index is 374. The highest BCUT2D eigenvalue weighted by atomic mass is 16.6. The molecule has 0 radical (unpaired) electrons. The summed E-state index contributed by atoms with van der Waals surface area (Å²) in [5, 5.41) is 17.0. The number of hydrogen-bond acceptors (Lipinski definition) is 10. The molecule has 0 rings (SSSR count). The van der Waals surface area contributed by atoms with Crippen LogP contribution in [0.2, 0.25) is 0 Å². The lowest BCUT2D eigenvalue weighted by Crippen LogP contribution is -2.19. The average molecular weight is 389 g/mol. The molecular weight excluding hydrogens is 358 g/mol. The molecule has 0 saturated heterocycles. The van der Waals surface area contributed by atoms with Gasteiger partial charge in [0.05, 0.1) is 92.4 Å². The predicted molar refractivity (Wildman–Crippen MR) is 94.7 cm³/mol. The van der Waals surface area contributed by atoms with Crippen LogP contribution in [0, 0.1) is 22.9 Å². The molecule has 10 nitrogen and oxygen atoms in total. The fraction of sp³-hybridized carbons (Fsp3) is 0.882. The molecule has 0 atom stereocenters. The fourth-order valence-electron chi connectivity index (χ4n) is 1.62. The number of hydrogen-bond donors (Lipinski definition) is 0. The van der Waals surface area contributed by atoms with Crippen molar-refractivity contribution >= 4 is 0 Å². The standard InChI is InChI=1S/C17H31N3O7/c1-21-4-5-23-8-9-25-12-13-27-15-14-26-11-10-24-7-6-22-3-2-20(16-18)17-19/h2-15H2,1H3. The molecule has 0 aliphatic heterocycles. The first kappa shape index (κ1) is 25.5. The van der Waals surface area contributed by atoms with E-state index in [1.165, 1.54) is 0 Å². The molecule has 0 saturated carbocycles. The molecule has 0 unspecified atom stereocenters. The molecule has 0 heterocycles. The molecule has 0 spiro atoms. The third-order valence-electron chi connectivity index (χ3n) is 2.99. The zero-order valence-electron chi connectivity index (χ0n) is 16.1. The molecule has 0 N–H and O–H groups in total. The molecule has 0 bridgehead atoms. The molecule has 0 fully saturated rings. The third-order valence-corrected chi connectivity index (χ3v) is 2.99. The SMILES string of the molecule is COCCOCCOCCOCCOCCOCCOCCN(C#N)C#N. The Balaban J connectivity index is 3.05. The molecule has 0 aromatic heterocycles. The molecule has 0 aliphatic carbocycles. The Morgan fingerprint density at radius 3 is 1.11 bits per heavy atom. The maximum absolute atomic E-state index is 8.52. The van der Waals surface area contributed by atoms with Crippen molar-refractivity contribution in [1.29, 1.82) is 10.5 Å². The number of rotatable bonds is 21. The smallest absolute Gasteiger partial charge is 0.193 e. The van der Waals surface area contributed by atoms with Crippen LogP contribution in [0.3, 0.4) is 0 Å². The van der Waals surface area contributed by atoms with Gasteiger partial charge in [-0.25, -0.2) is 4.90 Å². The van der Waals surface area contributed by atoms with Crippen LogP contribution in [-0.4, -0.2) is 104 Å². The van der Waals surface area contributed by atoms with Gasteiger partial charge in [0.15, 0.2) is 12.4 Å². The van der Waals surface area contributed by atoms with E-state index in [4.69, 9.17) is 43.7 Å². The van der Waals surface area contributed by atoms with E-state index in [0.717, 1.165) is 4.90 Å². The zero-order valence-corrected chi connectivity index (χ0v) is 16.1. The van der Waals surface area contributed by atoms with E-state index < -0.39 is 0 Å². The van der Waals surface area contributed by atoms with Crippen molar-refractivity contribution in [2.24, 2.45) is 0 Å². The van der Waals surface area contributed by atoms with Gasteiger partial charge in [0, 0.05) is 7.11 Å². The second-order valence-electron chi connectivity index (χ2n) is 5.02. The summed E-state index contributed by atoms with van der Waals surface area (Å²) < 4.78 is 36.8. The summed E-state index contributed by atoms with van der Waals surface area (Å²) in [5.41, 5.74) is 0. The van der Waals surface area contributed by atoms with Crippen LogP contribution < -0.4 is 0 Å². The highest BCUT2D eigenvalue weighted by Crippen LogP contribution is 1.86. The Hall–Kier alpha value is -1.50. The largest absolute Gasteiger partial charge is 0.382 e. The van der Waals surface area contributed by atoms with Crippen molar-refractivity contribution in [3.8, 4) is 12.4 Å². The molecular formula is C17H31N3O7. The van der Waals surface area contributed by atoms with Gasteiger partial charge in [0.1, 0.15) is 0 Å². The van der Waals surface area contributed by atoms with Gasteiger partial charge in [-0.15, -0.1) is 0 Å². The van der Waals surface area contributed by atoms with Crippen molar-refractivity contribution in [2.75, 3.05) is 99.5 Å². The van der Waals surface area contributed by atoms with Gasteiger partial charge in [-0.1, -0.05) is 0 Å². The fourth-order valence-corrected chi connectivity index (χ4v) is 1.62. The summed E-state index contributed by atoms with van der Waals surface area (Å²) in [5.74, 6) is 0. The first-order valence-electron chi connectivity index (χ1n) is 8.87. The highest BCUT2D eigenvalue weighted by Gasteiger charge is 1.98. The maximum Gasteiger partial charge on any atom is 0.193 e. The number of methoxy groups -OCH3 is 1. The molecule has 0 amide bonds. The van der Waals surface area contributed by atoms with Crippen molar-refractivity contribution in [3.63, 3.8) is 0 Å². The minimum absolute atomic E-state index is 0.253. The summed E-state index contributed by atoms with van der Waals surface area (Å²) in [6.07, 6.45) is 3.46. The van der Waals surface area contributed by atoms with Crippen molar-refractivity contribution < 1.29 is 33.2 Å². The Morgan fingerprint density at radius 2 is 0.815 bits per heavy atom.